The van der Waals surface area contributed by atoms with Gasteiger partial charge in [0, 0.05) is 55.4 Å². The number of aromatic nitrogens is 2. The van der Waals surface area contributed by atoms with Crippen LogP contribution in [0.5, 0.6) is 11.5 Å². The molecule has 0 bridgehead atoms. The molecule has 0 aliphatic carbocycles. The predicted octanol–water partition coefficient (Wildman–Crippen LogP) is 13.7. The van der Waals surface area contributed by atoms with Crippen LogP contribution in [0.4, 0.5) is 11.4 Å². The van der Waals surface area contributed by atoms with Gasteiger partial charge in [-0.1, -0.05) is 130 Å². The fourth-order valence-electron chi connectivity index (χ4n) is 7.68. The minimum Gasteiger partial charge on any atom is -0.509 e. The van der Waals surface area contributed by atoms with Gasteiger partial charge in [-0.15, -0.1) is 48.1 Å². The Morgan fingerprint density at radius 1 is 0.542 bits per heavy atom. The minimum atomic E-state index is -0.224. The van der Waals surface area contributed by atoms with Crippen LogP contribution in [-0.4, -0.2) is 9.55 Å². The van der Waals surface area contributed by atoms with Crippen molar-refractivity contribution >= 4 is 33.2 Å². The first-order chi connectivity index (χ1) is 27.4. The average Bonchev–Trinajstić information content (AvgIpc) is 3.81. The molecule has 5 nitrogen and oxygen atoms in total. The van der Waals surface area contributed by atoms with Gasteiger partial charge in [0.2, 0.25) is 0 Å². The smallest absolute Gasteiger partial charge is 0.135 e. The van der Waals surface area contributed by atoms with Crippen LogP contribution in [-0.2, 0) is 42.7 Å². The zero-order valence-corrected chi connectivity index (χ0v) is 38.5. The Balaban J connectivity index is 0.00000528. The minimum absolute atomic E-state index is 0. The van der Waals surface area contributed by atoms with Gasteiger partial charge < -0.3 is 19.1 Å². The number of rotatable bonds is 7. The summed E-state index contributed by atoms with van der Waals surface area (Å²) in [6.07, 6.45) is 6.10. The first-order valence-electron chi connectivity index (χ1n) is 20.4. The van der Waals surface area contributed by atoms with Gasteiger partial charge in [-0.3, -0.25) is 0 Å². The molecule has 3 heterocycles. The van der Waals surface area contributed by atoms with E-state index in [1.807, 2.05) is 24.4 Å². The molecule has 2 aromatic heterocycles. The van der Waals surface area contributed by atoms with E-state index in [-0.39, 0.29) is 42.7 Å². The Labute approximate surface area is 366 Å². The molecule has 0 atom stereocenters. The molecule has 1 aliphatic heterocycles. The molecule has 6 heteroatoms. The maximum absolute atomic E-state index is 6.58. The molecule has 59 heavy (non-hydrogen) atoms. The summed E-state index contributed by atoms with van der Waals surface area (Å²) < 4.78 is 8.83. The van der Waals surface area contributed by atoms with E-state index in [0.717, 1.165) is 39.0 Å². The van der Waals surface area contributed by atoms with Gasteiger partial charge >= 0.3 is 0 Å². The second-order valence-electron chi connectivity index (χ2n) is 19.3. The molecule has 0 fully saturated rings. The summed E-state index contributed by atoms with van der Waals surface area (Å²) in [7, 11) is 0. The van der Waals surface area contributed by atoms with E-state index in [9.17, 15) is 0 Å². The van der Waals surface area contributed by atoms with Gasteiger partial charge in [0.15, 0.2) is 0 Å². The van der Waals surface area contributed by atoms with Gasteiger partial charge in [0.25, 0.3) is 0 Å². The van der Waals surface area contributed by atoms with E-state index in [1.165, 1.54) is 27.8 Å². The molecule has 1 aliphatic rings. The van der Waals surface area contributed by atoms with Crippen molar-refractivity contribution in [2.45, 2.75) is 97.8 Å². The van der Waals surface area contributed by atoms with Crippen LogP contribution in [0.1, 0.15) is 104 Å². The third-order valence-electron chi connectivity index (χ3n) is 11.5. The summed E-state index contributed by atoms with van der Waals surface area (Å²) in [5.74, 6) is 2.07. The van der Waals surface area contributed by atoms with Crippen molar-refractivity contribution in [2.75, 3.05) is 9.80 Å². The number of pyridine rings is 1. The van der Waals surface area contributed by atoms with Gasteiger partial charge in [-0.25, -0.2) is 4.98 Å². The summed E-state index contributed by atoms with van der Waals surface area (Å²) in [6, 6.07) is 46.1. The van der Waals surface area contributed by atoms with E-state index < -0.39 is 0 Å². The molecule has 7 aromatic rings. The SMILES string of the molecule is CC(C)(C)c1cc(N2C=CN(c3[c-]c(Oc4[c-]c5c(cc4)c4ccc(C(C)(C)C)cc4n5-c4cc(C(C)(C)c5ccccc5)ccn4)ccc3)[CH-]2)cc(C(C)(C)C)c1.[Pt]. The number of benzene rings is 5. The van der Waals surface area contributed by atoms with Gasteiger partial charge in [-0.05, 0) is 92.2 Å². The fourth-order valence-corrected chi connectivity index (χ4v) is 7.68. The van der Waals surface area contributed by atoms with Crippen LogP contribution in [0, 0.1) is 18.8 Å². The number of nitrogens with zero attached hydrogens (tertiary/aromatic N) is 4. The molecule has 306 valence electrons. The zero-order valence-electron chi connectivity index (χ0n) is 36.2. The van der Waals surface area contributed by atoms with Gasteiger partial charge in [-0.2, -0.15) is 12.1 Å². The first-order valence-corrected chi connectivity index (χ1v) is 20.4. The second kappa shape index (κ2) is 15.5. The molecule has 0 saturated carbocycles. The number of hydrogen-bond donors (Lipinski definition) is 0. The van der Waals surface area contributed by atoms with Gasteiger partial charge in [0.1, 0.15) is 5.82 Å². The van der Waals surface area contributed by atoms with E-state index in [0.29, 0.717) is 11.5 Å². The van der Waals surface area contributed by atoms with Crippen LogP contribution >= 0.6 is 0 Å². The van der Waals surface area contributed by atoms with E-state index in [1.54, 1.807) is 0 Å². The fraction of sp³-hybridized carbons (Fsp3) is 0.283. The first kappa shape index (κ1) is 42.0. The third-order valence-corrected chi connectivity index (χ3v) is 11.5. The molecular formula is C53H55N4OPt-3. The Kier molecular flexibility index (Phi) is 11.0. The third kappa shape index (κ3) is 8.37. The topological polar surface area (TPSA) is 33.5 Å². The summed E-state index contributed by atoms with van der Waals surface area (Å²) in [5.41, 5.74) is 10.2. The largest absolute Gasteiger partial charge is 0.509 e. The van der Waals surface area contributed by atoms with Crippen LogP contribution in [0.3, 0.4) is 0 Å². The normalized spacial score (nSPS) is 13.7. The monoisotopic (exact) mass is 958 g/mol. The molecule has 8 rings (SSSR count). The summed E-state index contributed by atoms with van der Waals surface area (Å²) in [5, 5.41) is 2.24. The molecule has 0 amide bonds. The molecule has 0 radical (unpaired) electrons. The Bertz CT molecular complexity index is 2640. The van der Waals surface area contributed by atoms with Crippen molar-refractivity contribution in [1.82, 2.24) is 9.55 Å². The van der Waals surface area contributed by atoms with E-state index in [2.05, 4.69) is 213 Å². The standard InChI is InChI=1S/C53H55N4O.Pt/c1-50(2,3)37-20-22-45-46-23-21-44(34-48(46)57(47(45)31-37)49-32-38(24-25-54-49)53(10,11)36-16-13-12-14-17-36)58-43-19-15-18-41(33-43)55-26-27-56(35-55)42-29-39(51(4,5)6)28-40(30-42)52(7,8)9;/h12-32,35H,1-11H3;/q-3;. The molecule has 0 unspecified atom stereocenters. The zero-order chi connectivity index (χ0) is 41.2. The van der Waals surface area contributed by atoms with Crippen molar-refractivity contribution < 1.29 is 25.8 Å². The maximum Gasteiger partial charge on any atom is 0.135 e. The maximum atomic E-state index is 6.58. The van der Waals surface area contributed by atoms with Crippen LogP contribution < -0.4 is 14.5 Å². The average molecular weight is 959 g/mol. The molecule has 0 N–H and O–H groups in total. The quantitative estimate of drug-likeness (QED) is 0.149. The van der Waals surface area contributed by atoms with Crippen molar-refractivity contribution in [3.63, 3.8) is 0 Å². The molecular weight excluding hydrogens is 904 g/mol. The molecule has 0 spiro atoms. The van der Waals surface area contributed by atoms with Crippen LogP contribution in [0.15, 0.2) is 128 Å². The van der Waals surface area contributed by atoms with Gasteiger partial charge in [0.05, 0.1) is 0 Å². The van der Waals surface area contributed by atoms with E-state index in [4.69, 9.17) is 9.72 Å². The molecule has 5 aromatic carbocycles. The number of fused-ring (bicyclic) bond motifs is 3. The Hall–Kier alpha value is -5.12. The Morgan fingerprint density at radius 3 is 1.86 bits per heavy atom. The van der Waals surface area contributed by atoms with Crippen LogP contribution in [0.2, 0.25) is 0 Å². The van der Waals surface area contributed by atoms with Crippen molar-refractivity contribution in [1.29, 1.82) is 0 Å². The van der Waals surface area contributed by atoms with Crippen LogP contribution in [0.25, 0.3) is 27.6 Å². The van der Waals surface area contributed by atoms with Crippen molar-refractivity contribution in [3.8, 4) is 17.3 Å². The summed E-state index contributed by atoms with van der Waals surface area (Å²) >= 11 is 0. The summed E-state index contributed by atoms with van der Waals surface area (Å²) in [6.45, 7) is 27.0. The molecule has 0 saturated heterocycles. The van der Waals surface area contributed by atoms with E-state index >= 15 is 0 Å². The second-order valence-corrected chi connectivity index (χ2v) is 19.3. The Morgan fingerprint density at radius 2 is 1.19 bits per heavy atom. The van der Waals surface area contributed by atoms with Crippen molar-refractivity contribution in [2.24, 2.45) is 0 Å². The summed E-state index contributed by atoms with van der Waals surface area (Å²) in [4.78, 5) is 9.25. The number of anilines is 2. The number of hydrogen-bond acceptors (Lipinski definition) is 4. The number of ether oxygens (including phenoxy) is 1. The van der Waals surface area contributed by atoms with Crippen molar-refractivity contribution in [3.05, 3.63) is 174 Å². The predicted molar refractivity (Wildman–Crippen MR) is 242 cm³/mol.